The molecule has 1 aromatic heterocycles. The Bertz CT molecular complexity index is 817. The monoisotopic (exact) mass is 391 g/mol. The van der Waals surface area contributed by atoms with Gasteiger partial charge in [-0.05, 0) is 37.1 Å². The van der Waals surface area contributed by atoms with Crippen molar-refractivity contribution in [3.63, 3.8) is 0 Å². The van der Waals surface area contributed by atoms with E-state index in [1.807, 2.05) is 4.57 Å². The molecule has 26 heavy (non-hydrogen) atoms. The summed E-state index contributed by atoms with van der Waals surface area (Å²) in [6.45, 7) is 4.36. The molecule has 136 valence electrons. The number of amides is 2. The molecule has 9 heteroatoms. The van der Waals surface area contributed by atoms with E-state index >= 15 is 0 Å². The Morgan fingerprint density at radius 1 is 1.27 bits per heavy atom. The lowest BCUT2D eigenvalue weighted by atomic mass is 10.2. The molecule has 0 aliphatic heterocycles. The molecule has 0 spiro atoms. The van der Waals surface area contributed by atoms with Gasteiger partial charge in [0.05, 0.1) is 5.75 Å². The highest BCUT2D eigenvalue weighted by Crippen LogP contribution is 2.40. The van der Waals surface area contributed by atoms with Crippen molar-refractivity contribution in [2.24, 2.45) is 0 Å². The maximum absolute atomic E-state index is 12.0. The summed E-state index contributed by atoms with van der Waals surface area (Å²) in [6.07, 6.45) is 4.03. The molecule has 1 fully saturated rings. The van der Waals surface area contributed by atoms with Gasteiger partial charge in [0.2, 0.25) is 5.91 Å². The predicted octanol–water partition coefficient (Wildman–Crippen LogP) is 2.55. The number of benzene rings is 1. The molecule has 7 nitrogen and oxygen atoms in total. The first-order chi connectivity index (χ1) is 12.6. The molecular formula is C17H18ClN5O2S. The molecule has 0 bridgehead atoms. The summed E-state index contributed by atoms with van der Waals surface area (Å²) in [5.41, 5.74) is 5.17. The number of allylic oxidation sites excluding steroid dienone is 1. The minimum atomic E-state index is -0.411. The molecule has 2 aromatic rings. The van der Waals surface area contributed by atoms with Gasteiger partial charge in [0.1, 0.15) is 5.82 Å². The van der Waals surface area contributed by atoms with E-state index in [9.17, 15) is 9.59 Å². The van der Waals surface area contributed by atoms with Crippen molar-refractivity contribution < 1.29 is 9.59 Å². The standard InChI is InChI=1S/C17H18ClN5O2S/c1-2-9-23-15(11-3-4-11)20-22-17(23)26-10-14(24)19-21-16(25)12-5-7-13(18)8-6-12/h2,5-8,11H,1,3-4,9-10H2,(H,19,24)(H,21,25). The number of thioether (sulfide) groups is 1. The highest BCUT2D eigenvalue weighted by Gasteiger charge is 2.30. The molecule has 3 rings (SSSR count). The molecule has 0 saturated heterocycles. The average Bonchev–Trinajstić information content (AvgIpc) is 3.41. The van der Waals surface area contributed by atoms with E-state index in [1.54, 1.807) is 30.3 Å². The van der Waals surface area contributed by atoms with Crippen molar-refractivity contribution in [3.8, 4) is 0 Å². The first-order valence-electron chi connectivity index (χ1n) is 8.10. The summed E-state index contributed by atoms with van der Waals surface area (Å²) in [6, 6.07) is 6.38. The van der Waals surface area contributed by atoms with E-state index in [2.05, 4.69) is 27.6 Å². The van der Waals surface area contributed by atoms with E-state index in [4.69, 9.17) is 11.6 Å². The fourth-order valence-corrected chi connectivity index (χ4v) is 3.20. The molecule has 2 N–H and O–H groups in total. The topological polar surface area (TPSA) is 88.9 Å². The number of nitrogens with zero attached hydrogens (tertiary/aromatic N) is 3. The van der Waals surface area contributed by atoms with Crippen molar-refractivity contribution >= 4 is 35.2 Å². The predicted molar refractivity (Wildman–Crippen MR) is 100.0 cm³/mol. The number of nitrogens with one attached hydrogen (secondary N) is 2. The van der Waals surface area contributed by atoms with E-state index in [1.165, 1.54) is 11.8 Å². The Kier molecular flexibility index (Phi) is 5.95. The van der Waals surface area contributed by atoms with Crippen LogP contribution in [0.1, 0.15) is 34.9 Å². The fraction of sp³-hybridized carbons (Fsp3) is 0.294. The lowest BCUT2D eigenvalue weighted by Crippen LogP contribution is -2.42. The molecule has 0 atom stereocenters. The van der Waals surface area contributed by atoms with Crippen LogP contribution in [0.2, 0.25) is 5.02 Å². The van der Waals surface area contributed by atoms with E-state index in [0.717, 1.165) is 18.7 Å². The third-order valence-electron chi connectivity index (χ3n) is 3.75. The summed E-state index contributed by atoms with van der Waals surface area (Å²) in [5.74, 6) is 0.776. The second-order valence-corrected chi connectivity index (χ2v) is 7.19. The number of aromatic nitrogens is 3. The largest absolute Gasteiger partial charge is 0.302 e. The van der Waals surface area contributed by atoms with Crippen LogP contribution in [0, 0.1) is 0 Å². The Labute approximate surface area is 160 Å². The van der Waals surface area contributed by atoms with Crippen LogP contribution in [0.4, 0.5) is 0 Å². The normalized spacial score (nSPS) is 13.3. The number of hydrogen-bond donors (Lipinski definition) is 2. The van der Waals surface area contributed by atoms with Crippen LogP contribution >= 0.6 is 23.4 Å². The van der Waals surface area contributed by atoms with Crippen LogP contribution in [0.15, 0.2) is 42.1 Å². The van der Waals surface area contributed by atoms with Crippen LogP contribution in [0.3, 0.4) is 0 Å². The summed E-state index contributed by atoms with van der Waals surface area (Å²) in [7, 11) is 0. The van der Waals surface area contributed by atoms with Crippen molar-refractivity contribution in [1.29, 1.82) is 0 Å². The number of carbonyl (C=O) groups is 2. The lowest BCUT2D eigenvalue weighted by molar-refractivity contribution is -0.119. The summed E-state index contributed by atoms with van der Waals surface area (Å²) in [5, 5.41) is 9.61. The van der Waals surface area contributed by atoms with E-state index in [0.29, 0.717) is 28.2 Å². The van der Waals surface area contributed by atoms with Crippen LogP contribution in [0.25, 0.3) is 0 Å². The zero-order valence-corrected chi connectivity index (χ0v) is 15.5. The van der Waals surface area contributed by atoms with Crippen LogP contribution in [-0.2, 0) is 11.3 Å². The number of halogens is 1. The van der Waals surface area contributed by atoms with Crippen molar-refractivity contribution in [1.82, 2.24) is 25.6 Å². The number of hydrogen-bond acceptors (Lipinski definition) is 5. The zero-order valence-electron chi connectivity index (χ0n) is 13.9. The molecule has 0 unspecified atom stereocenters. The number of hydrazine groups is 1. The Balaban J connectivity index is 1.50. The minimum absolute atomic E-state index is 0.112. The van der Waals surface area contributed by atoms with Gasteiger partial charge in [-0.2, -0.15) is 0 Å². The molecule has 1 saturated carbocycles. The van der Waals surface area contributed by atoms with Gasteiger partial charge in [-0.1, -0.05) is 29.4 Å². The van der Waals surface area contributed by atoms with Gasteiger partial charge >= 0.3 is 0 Å². The smallest absolute Gasteiger partial charge is 0.269 e. The van der Waals surface area contributed by atoms with Crippen LogP contribution in [-0.4, -0.2) is 32.3 Å². The first-order valence-corrected chi connectivity index (χ1v) is 9.46. The van der Waals surface area contributed by atoms with Gasteiger partial charge in [-0.25, -0.2) is 0 Å². The van der Waals surface area contributed by atoms with Crippen molar-refractivity contribution in [3.05, 3.63) is 53.3 Å². The third kappa shape index (κ3) is 4.64. The van der Waals surface area contributed by atoms with Gasteiger partial charge in [0, 0.05) is 23.0 Å². The third-order valence-corrected chi connectivity index (χ3v) is 4.97. The van der Waals surface area contributed by atoms with Crippen LogP contribution in [0.5, 0.6) is 0 Å². The molecule has 1 aromatic carbocycles. The van der Waals surface area contributed by atoms with E-state index in [-0.39, 0.29) is 11.7 Å². The maximum Gasteiger partial charge on any atom is 0.269 e. The Morgan fingerprint density at radius 3 is 2.65 bits per heavy atom. The van der Waals surface area contributed by atoms with Gasteiger partial charge in [0.15, 0.2) is 5.16 Å². The molecule has 2 amide bonds. The molecule has 1 aliphatic rings. The second-order valence-electron chi connectivity index (χ2n) is 5.81. The highest BCUT2D eigenvalue weighted by atomic mass is 35.5. The van der Waals surface area contributed by atoms with Gasteiger partial charge < -0.3 is 4.57 Å². The molecule has 1 heterocycles. The molecule has 1 aliphatic carbocycles. The van der Waals surface area contributed by atoms with Gasteiger partial charge in [-0.3, -0.25) is 20.4 Å². The zero-order chi connectivity index (χ0) is 18.5. The second kappa shape index (κ2) is 8.37. The van der Waals surface area contributed by atoms with E-state index < -0.39 is 5.91 Å². The molecular weight excluding hydrogens is 374 g/mol. The lowest BCUT2D eigenvalue weighted by Gasteiger charge is -2.08. The van der Waals surface area contributed by atoms with Crippen molar-refractivity contribution in [2.45, 2.75) is 30.5 Å². The average molecular weight is 392 g/mol. The minimum Gasteiger partial charge on any atom is -0.302 e. The SMILES string of the molecule is C=CCn1c(SCC(=O)NNC(=O)c2ccc(Cl)cc2)nnc1C1CC1. The first kappa shape index (κ1) is 18.5. The summed E-state index contributed by atoms with van der Waals surface area (Å²) < 4.78 is 1.98. The Hall–Kier alpha value is -2.32. The quantitative estimate of drug-likeness (QED) is 0.430. The number of rotatable bonds is 7. The van der Waals surface area contributed by atoms with Crippen LogP contribution < -0.4 is 10.9 Å². The van der Waals surface area contributed by atoms with Crippen molar-refractivity contribution in [2.75, 3.05) is 5.75 Å². The highest BCUT2D eigenvalue weighted by molar-refractivity contribution is 7.99. The maximum atomic E-state index is 12.0. The number of carbonyl (C=O) groups excluding carboxylic acids is 2. The molecule has 0 radical (unpaired) electrons. The Morgan fingerprint density at radius 2 is 2.00 bits per heavy atom. The van der Waals surface area contributed by atoms with Gasteiger partial charge in [0.25, 0.3) is 5.91 Å². The summed E-state index contributed by atoms with van der Waals surface area (Å²) in [4.78, 5) is 23.9. The fourth-order valence-electron chi connectivity index (χ4n) is 2.32. The van der Waals surface area contributed by atoms with Gasteiger partial charge in [-0.15, -0.1) is 16.8 Å². The summed E-state index contributed by atoms with van der Waals surface area (Å²) >= 11 is 7.05.